The van der Waals surface area contributed by atoms with Crippen molar-refractivity contribution in [2.75, 3.05) is 0 Å². The van der Waals surface area contributed by atoms with E-state index in [9.17, 15) is 0 Å². The fraction of sp³-hybridized carbons (Fsp3) is 0. The van der Waals surface area contributed by atoms with Gasteiger partial charge in [-0.2, -0.15) is 0 Å². The molecule has 0 aliphatic carbocycles. The van der Waals surface area contributed by atoms with Crippen LogP contribution in [0.4, 0.5) is 0 Å². The number of nitrogens with zero attached hydrogens (tertiary/aromatic N) is 4. The van der Waals surface area contributed by atoms with E-state index in [1.807, 2.05) is 48.5 Å². The zero-order valence-corrected chi connectivity index (χ0v) is 31.6. The first-order valence-corrected chi connectivity index (χ1v) is 19.9. The molecule has 12 aromatic rings. The Labute approximate surface area is 345 Å². The summed E-state index contributed by atoms with van der Waals surface area (Å²) in [5.41, 5.74) is 6.27. The zero-order valence-electron chi connectivity index (χ0n) is 35.8. The van der Waals surface area contributed by atoms with Gasteiger partial charge >= 0.3 is 0 Å². The first kappa shape index (κ1) is 28.0. The zero-order chi connectivity index (χ0) is 42.5. The third-order valence-electron chi connectivity index (χ3n) is 11.1. The highest BCUT2D eigenvalue weighted by Gasteiger charge is 2.21. The summed E-state index contributed by atoms with van der Waals surface area (Å²) in [6, 6.07) is 54.4. The van der Waals surface area contributed by atoms with Crippen molar-refractivity contribution in [1.82, 2.24) is 19.5 Å². The van der Waals surface area contributed by atoms with Gasteiger partial charge in [-0.15, -0.1) is 11.3 Å². The molecule has 0 saturated heterocycles. The monoisotopic (exact) mass is 761 g/mol. The molecule has 0 radical (unpaired) electrons. The molecule has 0 aliphatic heterocycles. The van der Waals surface area contributed by atoms with Crippen LogP contribution in [0.25, 0.3) is 115 Å². The summed E-state index contributed by atoms with van der Waals surface area (Å²) < 4.78 is 46.9. The Morgan fingerprint density at radius 3 is 1.79 bits per heavy atom. The topological polar surface area (TPSA) is 43.6 Å². The molecule has 0 spiro atoms. The predicted octanol–water partition coefficient (Wildman–Crippen LogP) is 14.3. The molecule has 0 saturated carbocycles. The van der Waals surface area contributed by atoms with Crippen LogP contribution in [0.3, 0.4) is 0 Å². The quantitative estimate of drug-likeness (QED) is 0.164. The van der Waals surface area contributed by atoms with Gasteiger partial charge in [0, 0.05) is 53.3 Å². The summed E-state index contributed by atoms with van der Waals surface area (Å²) in [6.07, 6.45) is 0. The molecule has 12 rings (SSSR count). The van der Waals surface area contributed by atoms with Gasteiger partial charge in [-0.1, -0.05) is 152 Å². The van der Waals surface area contributed by atoms with Gasteiger partial charge in [-0.3, -0.25) is 0 Å². The molecule has 5 heteroatoms. The lowest BCUT2D eigenvalue weighted by molar-refractivity contribution is 1.08. The van der Waals surface area contributed by atoms with Crippen molar-refractivity contribution in [3.63, 3.8) is 0 Å². The van der Waals surface area contributed by atoms with Crippen LogP contribution in [-0.4, -0.2) is 19.5 Å². The number of aromatic nitrogens is 4. The lowest BCUT2D eigenvalue weighted by Gasteiger charge is -2.13. The van der Waals surface area contributed by atoms with E-state index in [1.165, 1.54) is 0 Å². The van der Waals surface area contributed by atoms with Crippen molar-refractivity contribution >= 4 is 74.9 Å². The first-order valence-electron chi connectivity index (χ1n) is 21.6. The minimum Gasteiger partial charge on any atom is -0.309 e. The Hall–Kier alpha value is -7.47. The molecular formula is C53H32N4S. The Kier molecular flexibility index (Phi) is 6.30. The summed E-state index contributed by atoms with van der Waals surface area (Å²) in [5.74, 6) is 1.61. The van der Waals surface area contributed by atoms with Crippen molar-refractivity contribution in [2.45, 2.75) is 0 Å². The molecule has 0 N–H and O–H groups in total. The Morgan fingerprint density at radius 1 is 0.414 bits per heavy atom. The molecular weight excluding hydrogens is 725 g/mol. The third-order valence-corrected chi connectivity index (χ3v) is 12.3. The van der Waals surface area contributed by atoms with Crippen molar-refractivity contribution in [3.05, 3.63) is 194 Å². The third kappa shape index (κ3) is 5.25. The standard InChI is InChI=1S/C53H32N4S/c1-3-13-33(14-4-1)37-27-28-49-44(29-37)45-31-39(57-47-21-11-9-19-41(47)42-20-10-12-22-48(42)57)32-46(50(45)58-49)53-55-51(36-16-5-2-6-17-36)54-52(56-53)38-26-25-35-24-23-34-15-7-8-18-40(34)43(35)30-38/h1-32H/i1D,3D,4D,13D,14D. The average molecular weight is 762 g/mol. The van der Waals surface area contributed by atoms with E-state index in [1.54, 1.807) is 11.3 Å². The highest BCUT2D eigenvalue weighted by atomic mass is 32.1. The van der Waals surface area contributed by atoms with E-state index < -0.39 is 6.04 Å². The van der Waals surface area contributed by atoms with Gasteiger partial charge in [-0.25, -0.2) is 15.0 Å². The fourth-order valence-corrected chi connectivity index (χ4v) is 9.57. The molecule has 270 valence electrons. The van der Waals surface area contributed by atoms with Gasteiger partial charge in [0.1, 0.15) is 0 Å². The molecule has 58 heavy (non-hydrogen) atoms. The normalized spacial score (nSPS) is 13.0. The van der Waals surface area contributed by atoms with E-state index in [4.69, 9.17) is 21.8 Å². The van der Waals surface area contributed by atoms with Gasteiger partial charge in [0.05, 0.1) is 17.9 Å². The predicted molar refractivity (Wildman–Crippen MR) is 244 cm³/mol. The highest BCUT2D eigenvalue weighted by molar-refractivity contribution is 7.26. The number of rotatable bonds is 5. The van der Waals surface area contributed by atoms with Crippen molar-refractivity contribution in [2.24, 2.45) is 0 Å². The summed E-state index contributed by atoms with van der Waals surface area (Å²) >= 11 is 1.62. The summed E-state index contributed by atoms with van der Waals surface area (Å²) in [5, 5.41) is 8.64. The number of fused-ring (bicyclic) bond motifs is 9. The van der Waals surface area contributed by atoms with Crippen LogP contribution in [0.1, 0.15) is 6.85 Å². The van der Waals surface area contributed by atoms with E-state index in [-0.39, 0.29) is 29.7 Å². The van der Waals surface area contributed by atoms with Gasteiger partial charge < -0.3 is 4.57 Å². The number of benzene rings is 9. The van der Waals surface area contributed by atoms with E-state index >= 15 is 0 Å². The number of hydrogen-bond donors (Lipinski definition) is 0. The van der Waals surface area contributed by atoms with Crippen LogP contribution in [0.2, 0.25) is 0 Å². The SMILES string of the molecule is [2H]c1c([2H])c([2H])c(-c2ccc3sc4c(-c5nc(-c6ccccc6)nc(-c6ccc7ccc8ccccc8c7c6)n5)cc(-n5c6ccccc6c6ccccc65)cc4c3c2)c([2H])c1[2H]. The summed E-state index contributed by atoms with van der Waals surface area (Å²) in [6.45, 7) is 0. The maximum Gasteiger partial charge on any atom is 0.165 e. The Morgan fingerprint density at radius 2 is 1.02 bits per heavy atom. The largest absolute Gasteiger partial charge is 0.309 e. The summed E-state index contributed by atoms with van der Waals surface area (Å²) in [4.78, 5) is 15.7. The van der Waals surface area contributed by atoms with Crippen LogP contribution in [0, 0.1) is 0 Å². The Balaban J connectivity index is 1.17. The minimum absolute atomic E-state index is 0.166. The Bertz CT molecular complexity index is 3800. The molecule has 0 amide bonds. The lowest BCUT2D eigenvalue weighted by Crippen LogP contribution is -2.01. The molecule has 4 nitrogen and oxygen atoms in total. The van der Waals surface area contributed by atoms with E-state index in [0.29, 0.717) is 23.0 Å². The highest BCUT2D eigenvalue weighted by Crippen LogP contribution is 2.44. The molecule has 0 fully saturated rings. The van der Waals surface area contributed by atoms with Gasteiger partial charge in [0.15, 0.2) is 17.5 Å². The number of thiophene rings is 1. The second-order valence-electron chi connectivity index (χ2n) is 14.4. The molecule has 0 bridgehead atoms. The second kappa shape index (κ2) is 13.1. The summed E-state index contributed by atoms with van der Waals surface area (Å²) in [7, 11) is 0. The van der Waals surface area contributed by atoms with Crippen LogP contribution in [-0.2, 0) is 0 Å². The first-order chi connectivity index (χ1) is 30.8. The molecule has 0 aliphatic rings. The lowest BCUT2D eigenvalue weighted by atomic mass is 9.99. The van der Waals surface area contributed by atoms with Crippen molar-refractivity contribution < 1.29 is 6.85 Å². The number of hydrogen-bond acceptors (Lipinski definition) is 4. The van der Waals surface area contributed by atoms with Gasteiger partial charge in [0.25, 0.3) is 0 Å². The van der Waals surface area contributed by atoms with Crippen molar-refractivity contribution in [3.8, 4) is 51.0 Å². The van der Waals surface area contributed by atoms with E-state index in [2.05, 4.69) is 120 Å². The van der Waals surface area contributed by atoms with Crippen LogP contribution in [0.5, 0.6) is 0 Å². The minimum atomic E-state index is -0.417. The van der Waals surface area contributed by atoms with Crippen LogP contribution in [0.15, 0.2) is 194 Å². The van der Waals surface area contributed by atoms with Crippen molar-refractivity contribution in [1.29, 1.82) is 0 Å². The molecule has 3 aromatic heterocycles. The molecule has 0 unspecified atom stereocenters. The van der Waals surface area contributed by atoms with Crippen LogP contribution >= 0.6 is 11.3 Å². The second-order valence-corrected chi connectivity index (χ2v) is 15.5. The smallest absolute Gasteiger partial charge is 0.165 e. The van der Waals surface area contributed by atoms with Gasteiger partial charge in [-0.05, 0) is 75.1 Å². The molecule has 9 aromatic carbocycles. The van der Waals surface area contributed by atoms with E-state index in [0.717, 1.165) is 85.9 Å². The van der Waals surface area contributed by atoms with Gasteiger partial charge in [0.2, 0.25) is 0 Å². The molecule has 0 atom stereocenters. The maximum absolute atomic E-state index is 8.81. The average Bonchev–Trinajstić information content (AvgIpc) is 3.88. The molecule has 3 heterocycles. The fourth-order valence-electron chi connectivity index (χ4n) is 8.39. The maximum atomic E-state index is 8.81. The number of para-hydroxylation sites is 2. The van der Waals surface area contributed by atoms with Crippen LogP contribution < -0.4 is 0 Å².